The number of anilines is 2. The predicted molar refractivity (Wildman–Crippen MR) is 87.0 cm³/mol. The molecule has 2 nitrogen and oxygen atoms in total. The molecule has 1 fully saturated rings. The monoisotopic (exact) mass is 518 g/mol. The first-order chi connectivity index (χ1) is 15.5. The van der Waals surface area contributed by atoms with Gasteiger partial charge in [0.05, 0.1) is 0 Å². The molecule has 1 heterocycles. The molecule has 1 aliphatic rings. The summed E-state index contributed by atoms with van der Waals surface area (Å²) in [6.45, 7) is -3.27. The van der Waals surface area contributed by atoms with Crippen LogP contribution in [0.4, 0.5) is 72.8 Å². The Morgan fingerprint density at radius 3 is 0.765 bits per heavy atom. The minimum Gasteiger partial charge on any atom is -0.363 e. The van der Waals surface area contributed by atoms with Crippen molar-refractivity contribution in [3.05, 3.63) is 57.7 Å². The summed E-state index contributed by atoms with van der Waals surface area (Å²) in [5.74, 6) is -20.7. The van der Waals surface area contributed by atoms with Gasteiger partial charge in [0.2, 0.25) is 0 Å². The second-order valence-corrected chi connectivity index (χ2v) is 6.93. The molecule has 0 atom stereocenters. The van der Waals surface area contributed by atoms with Gasteiger partial charge in [0, 0.05) is 26.2 Å². The molecule has 1 saturated heterocycles. The van der Waals surface area contributed by atoms with Gasteiger partial charge < -0.3 is 9.80 Å². The van der Waals surface area contributed by atoms with Crippen LogP contribution in [0.1, 0.15) is 11.1 Å². The zero-order valence-electron chi connectivity index (χ0n) is 16.0. The minimum atomic E-state index is -5.79. The molecule has 0 N–H and O–H groups in total. The standard InChI is InChI=1S/C18H8F14N2/c19-7-5(17(27,28)29)8(20)12(24)15(11(7)23)33-1-2-34(4-3-33)16-13(25)9(21)6(18(30,31)32)10(22)14(16)26/h1-4H2. The largest absolute Gasteiger partial charge is 0.422 e. The Balaban J connectivity index is 1.96. The molecule has 3 rings (SSSR count). The van der Waals surface area contributed by atoms with Gasteiger partial charge in [-0.3, -0.25) is 0 Å². The number of benzene rings is 2. The molecule has 16 heteroatoms. The third kappa shape index (κ3) is 4.06. The molecule has 0 saturated carbocycles. The SMILES string of the molecule is Fc1c(F)c(C(F)(F)F)c(F)c(F)c1N1CCN(c2c(F)c(F)c(C(F)(F)F)c(F)c2F)CC1. The Morgan fingerprint density at radius 1 is 0.382 bits per heavy atom. The summed E-state index contributed by atoms with van der Waals surface area (Å²) in [6, 6.07) is 0. The quantitative estimate of drug-likeness (QED) is 0.347. The van der Waals surface area contributed by atoms with Gasteiger partial charge in [0.1, 0.15) is 22.5 Å². The van der Waals surface area contributed by atoms with E-state index in [0.29, 0.717) is 9.80 Å². The average Bonchev–Trinajstić information content (AvgIpc) is 2.70. The normalized spacial score (nSPS) is 15.4. The highest BCUT2D eigenvalue weighted by molar-refractivity contribution is 5.57. The molecule has 2 aromatic carbocycles. The summed E-state index contributed by atoms with van der Waals surface area (Å²) in [4.78, 5) is 0.889. The number of hydrogen-bond donors (Lipinski definition) is 0. The van der Waals surface area contributed by atoms with Gasteiger partial charge in [-0.2, -0.15) is 26.3 Å². The van der Waals surface area contributed by atoms with E-state index in [1.165, 1.54) is 0 Å². The van der Waals surface area contributed by atoms with Crippen LogP contribution in [0.3, 0.4) is 0 Å². The molecule has 1 aliphatic heterocycles. The lowest BCUT2D eigenvalue weighted by atomic mass is 10.1. The maximum Gasteiger partial charge on any atom is 0.422 e. The van der Waals surface area contributed by atoms with Crippen molar-refractivity contribution in [1.29, 1.82) is 0 Å². The molecule has 34 heavy (non-hydrogen) atoms. The first kappa shape index (κ1) is 25.7. The second-order valence-electron chi connectivity index (χ2n) is 6.93. The third-order valence-electron chi connectivity index (χ3n) is 4.96. The maximum atomic E-state index is 14.2. The summed E-state index contributed by atoms with van der Waals surface area (Å²) in [5.41, 5.74) is -8.84. The van der Waals surface area contributed by atoms with E-state index >= 15 is 0 Å². The average molecular weight is 518 g/mol. The number of halogens is 14. The van der Waals surface area contributed by atoms with E-state index in [9.17, 15) is 61.5 Å². The Kier molecular flexibility index (Phi) is 6.32. The predicted octanol–water partition coefficient (Wildman–Crippen LogP) is 6.16. The van der Waals surface area contributed by atoms with Gasteiger partial charge in [-0.15, -0.1) is 0 Å². The van der Waals surface area contributed by atoms with Crippen molar-refractivity contribution in [1.82, 2.24) is 0 Å². The Bertz CT molecular complexity index is 982. The van der Waals surface area contributed by atoms with Gasteiger partial charge in [0.25, 0.3) is 0 Å². The number of rotatable bonds is 2. The van der Waals surface area contributed by atoms with Crippen LogP contribution in [0.2, 0.25) is 0 Å². The highest BCUT2D eigenvalue weighted by atomic mass is 19.4. The van der Waals surface area contributed by atoms with Crippen LogP contribution in [-0.4, -0.2) is 26.2 Å². The van der Waals surface area contributed by atoms with E-state index in [4.69, 9.17) is 0 Å². The van der Waals surface area contributed by atoms with Crippen LogP contribution < -0.4 is 9.80 Å². The summed E-state index contributed by atoms with van der Waals surface area (Å²) < 4.78 is 188. The van der Waals surface area contributed by atoms with Crippen LogP contribution in [0.15, 0.2) is 0 Å². The van der Waals surface area contributed by atoms with Gasteiger partial charge in [0.15, 0.2) is 46.5 Å². The molecule has 0 aromatic heterocycles. The fourth-order valence-corrected chi connectivity index (χ4v) is 3.45. The fourth-order valence-electron chi connectivity index (χ4n) is 3.45. The zero-order valence-corrected chi connectivity index (χ0v) is 16.0. The van der Waals surface area contributed by atoms with Crippen molar-refractivity contribution in [2.75, 3.05) is 36.0 Å². The number of piperazine rings is 1. The molecule has 2 aromatic rings. The molecule has 188 valence electrons. The van der Waals surface area contributed by atoms with E-state index in [2.05, 4.69) is 0 Å². The van der Waals surface area contributed by atoms with Gasteiger partial charge in [-0.25, -0.2) is 35.1 Å². The fraction of sp³-hybridized carbons (Fsp3) is 0.333. The van der Waals surface area contributed by atoms with E-state index in [-0.39, 0.29) is 0 Å². The van der Waals surface area contributed by atoms with Gasteiger partial charge >= 0.3 is 12.4 Å². The van der Waals surface area contributed by atoms with Crippen LogP contribution in [0.5, 0.6) is 0 Å². The first-order valence-electron chi connectivity index (χ1n) is 8.86. The minimum absolute atomic E-state index is 0.445. The van der Waals surface area contributed by atoms with Crippen molar-refractivity contribution in [3.63, 3.8) is 0 Å². The topological polar surface area (TPSA) is 6.48 Å². The molecule has 0 amide bonds. The first-order valence-corrected chi connectivity index (χ1v) is 8.86. The van der Waals surface area contributed by atoms with Crippen molar-refractivity contribution >= 4 is 11.4 Å². The lowest BCUT2D eigenvalue weighted by molar-refractivity contribution is -0.144. The Labute approximate surface area is 180 Å². The molecule has 0 bridgehead atoms. The van der Waals surface area contributed by atoms with E-state index in [1.807, 2.05) is 0 Å². The maximum absolute atomic E-state index is 14.2. The van der Waals surface area contributed by atoms with Crippen molar-refractivity contribution in [3.8, 4) is 0 Å². The van der Waals surface area contributed by atoms with Crippen LogP contribution in [-0.2, 0) is 12.4 Å². The van der Waals surface area contributed by atoms with Crippen LogP contribution >= 0.6 is 0 Å². The smallest absolute Gasteiger partial charge is 0.363 e. The van der Waals surface area contributed by atoms with Crippen molar-refractivity contribution in [2.24, 2.45) is 0 Å². The highest BCUT2D eigenvalue weighted by Gasteiger charge is 2.45. The van der Waals surface area contributed by atoms with Crippen molar-refractivity contribution in [2.45, 2.75) is 12.4 Å². The Morgan fingerprint density at radius 2 is 0.588 bits per heavy atom. The lowest BCUT2D eigenvalue weighted by Gasteiger charge is -2.38. The number of hydrogen-bond acceptors (Lipinski definition) is 2. The highest BCUT2D eigenvalue weighted by Crippen LogP contribution is 2.42. The molecule has 0 aliphatic carbocycles. The summed E-state index contributed by atoms with van der Waals surface area (Å²) in [6.07, 6.45) is -11.6. The summed E-state index contributed by atoms with van der Waals surface area (Å²) in [7, 11) is 0. The summed E-state index contributed by atoms with van der Waals surface area (Å²) >= 11 is 0. The van der Waals surface area contributed by atoms with Crippen molar-refractivity contribution < 1.29 is 61.5 Å². The van der Waals surface area contributed by atoms with E-state index in [1.54, 1.807) is 0 Å². The Hall–Kier alpha value is -2.94. The molecule has 0 spiro atoms. The molecular weight excluding hydrogens is 510 g/mol. The second kappa shape index (κ2) is 8.37. The molecule has 0 radical (unpaired) electrons. The third-order valence-corrected chi connectivity index (χ3v) is 4.96. The van der Waals surface area contributed by atoms with E-state index in [0.717, 1.165) is 0 Å². The van der Waals surface area contributed by atoms with Gasteiger partial charge in [-0.05, 0) is 0 Å². The lowest BCUT2D eigenvalue weighted by Crippen LogP contribution is -2.48. The van der Waals surface area contributed by atoms with Crippen LogP contribution in [0.25, 0.3) is 0 Å². The van der Waals surface area contributed by atoms with Gasteiger partial charge in [-0.1, -0.05) is 0 Å². The number of nitrogens with zero attached hydrogens (tertiary/aromatic N) is 2. The summed E-state index contributed by atoms with van der Waals surface area (Å²) in [5, 5.41) is 0. The van der Waals surface area contributed by atoms with E-state index < -0.39 is 108 Å². The molecular formula is C18H8F14N2. The molecule has 0 unspecified atom stereocenters. The zero-order chi connectivity index (χ0) is 25.9. The van der Waals surface area contributed by atoms with Crippen LogP contribution in [0, 0.1) is 46.5 Å². The number of alkyl halides is 6.